The van der Waals surface area contributed by atoms with Crippen molar-refractivity contribution in [2.24, 2.45) is 0 Å². The average molecular weight is 364 g/mol. The number of halogens is 1. The Labute approximate surface area is 152 Å². The lowest BCUT2D eigenvalue weighted by molar-refractivity contribution is 0.0946. The van der Waals surface area contributed by atoms with Crippen LogP contribution in [0, 0.1) is 6.92 Å². The predicted octanol–water partition coefficient (Wildman–Crippen LogP) is 3.86. The Morgan fingerprint density at radius 2 is 2.00 bits per heavy atom. The molecule has 0 spiro atoms. The fraction of sp³-hybridized carbons (Fsp3) is 0.316. The smallest absolute Gasteiger partial charge is 0.251 e. The van der Waals surface area contributed by atoms with Crippen molar-refractivity contribution in [3.63, 3.8) is 0 Å². The minimum absolute atomic E-state index is 0.254. The molecule has 134 valence electrons. The van der Waals surface area contributed by atoms with E-state index < -0.39 is 0 Å². The molecule has 2 aromatic rings. The third kappa shape index (κ3) is 5.29. The van der Waals surface area contributed by atoms with E-state index in [2.05, 4.69) is 5.32 Å². The fourth-order valence-corrected chi connectivity index (χ4v) is 2.54. The first-order chi connectivity index (χ1) is 12.0. The topological polar surface area (TPSA) is 56.8 Å². The van der Waals surface area contributed by atoms with Gasteiger partial charge in [0.2, 0.25) is 0 Å². The zero-order chi connectivity index (χ0) is 18.2. The maximum Gasteiger partial charge on any atom is 0.251 e. The van der Waals surface area contributed by atoms with E-state index in [-0.39, 0.29) is 5.91 Å². The molecule has 0 heterocycles. The average Bonchev–Trinajstić information content (AvgIpc) is 2.60. The predicted molar refractivity (Wildman–Crippen MR) is 98.2 cm³/mol. The van der Waals surface area contributed by atoms with E-state index in [9.17, 15) is 4.79 Å². The van der Waals surface area contributed by atoms with Crippen molar-refractivity contribution in [2.75, 3.05) is 26.9 Å². The van der Waals surface area contributed by atoms with E-state index in [0.717, 1.165) is 11.3 Å². The number of nitrogens with one attached hydrogen (secondary N) is 1. The Morgan fingerprint density at radius 3 is 2.68 bits per heavy atom. The third-order valence-electron chi connectivity index (χ3n) is 3.43. The Balaban J connectivity index is 1.93. The van der Waals surface area contributed by atoms with Crippen LogP contribution in [0.3, 0.4) is 0 Å². The lowest BCUT2D eigenvalue weighted by Crippen LogP contribution is -2.28. The van der Waals surface area contributed by atoms with Gasteiger partial charge in [0.1, 0.15) is 12.4 Å². The standard InChI is InChI=1S/C19H22ClNO4/c1-4-24-18-16(20)11-14(12-17(18)23-3)19(22)21-8-9-25-15-7-5-6-13(2)10-15/h5-7,10-12H,4,8-9H2,1-3H3,(H,21,22). The number of aryl methyl sites for hydroxylation is 1. The highest BCUT2D eigenvalue weighted by Gasteiger charge is 2.15. The molecule has 2 rings (SSSR count). The van der Waals surface area contributed by atoms with Crippen LogP contribution >= 0.6 is 11.6 Å². The van der Waals surface area contributed by atoms with Crippen LogP contribution in [-0.2, 0) is 0 Å². The molecule has 1 amide bonds. The highest BCUT2D eigenvalue weighted by molar-refractivity contribution is 6.32. The van der Waals surface area contributed by atoms with Crippen LogP contribution in [0.2, 0.25) is 5.02 Å². The van der Waals surface area contributed by atoms with Gasteiger partial charge in [-0.2, -0.15) is 0 Å². The molecule has 0 saturated heterocycles. The SMILES string of the molecule is CCOc1c(Cl)cc(C(=O)NCCOc2cccc(C)c2)cc1OC. The van der Waals surface area contributed by atoms with Gasteiger partial charge in [0.25, 0.3) is 5.91 Å². The molecule has 0 fully saturated rings. The molecule has 0 aliphatic carbocycles. The number of amides is 1. The molecule has 0 aliphatic rings. The second-order valence-corrected chi connectivity index (χ2v) is 5.75. The van der Waals surface area contributed by atoms with Crippen LogP contribution in [0.4, 0.5) is 0 Å². The van der Waals surface area contributed by atoms with E-state index in [4.69, 9.17) is 25.8 Å². The molecule has 0 saturated carbocycles. The van der Waals surface area contributed by atoms with Crippen molar-refractivity contribution in [3.8, 4) is 17.2 Å². The first-order valence-electron chi connectivity index (χ1n) is 8.03. The monoisotopic (exact) mass is 363 g/mol. The highest BCUT2D eigenvalue weighted by atomic mass is 35.5. The van der Waals surface area contributed by atoms with Crippen LogP contribution in [0.1, 0.15) is 22.8 Å². The van der Waals surface area contributed by atoms with Gasteiger partial charge < -0.3 is 19.5 Å². The summed E-state index contributed by atoms with van der Waals surface area (Å²) in [6.45, 7) is 5.05. The van der Waals surface area contributed by atoms with E-state index in [1.807, 2.05) is 38.1 Å². The number of carbonyl (C=O) groups excluding carboxylic acids is 1. The van der Waals surface area contributed by atoms with Gasteiger partial charge in [0, 0.05) is 5.56 Å². The Morgan fingerprint density at radius 1 is 1.20 bits per heavy atom. The minimum atomic E-state index is -0.254. The molecule has 0 radical (unpaired) electrons. The Bertz CT molecular complexity index is 733. The van der Waals surface area contributed by atoms with Crippen LogP contribution in [0.5, 0.6) is 17.2 Å². The molecule has 2 aromatic carbocycles. The van der Waals surface area contributed by atoms with Crippen LogP contribution in [-0.4, -0.2) is 32.8 Å². The van der Waals surface area contributed by atoms with Gasteiger partial charge in [-0.1, -0.05) is 23.7 Å². The van der Waals surface area contributed by atoms with E-state index >= 15 is 0 Å². The lowest BCUT2D eigenvalue weighted by atomic mass is 10.2. The summed E-state index contributed by atoms with van der Waals surface area (Å²) >= 11 is 6.18. The molecule has 5 nitrogen and oxygen atoms in total. The van der Waals surface area contributed by atoms with Crippen molar-refractivity contribution in [3.05, 3.63) is 52.5 Å². The van der Waals surface area contributed by atoms with Crippen molar-refractivity contribution in [1.82, 2.24) is 5.32 Å². The number of methoxy groups -OCH3 is 1. The normalized spacial score (nSPS) is 10.2. The molecule has 0 atom stereocenters. The lowest BCUT2D eigenvalue weighted by Gasteiger charge is -2.13. The van der Waals surface area contributed by atoms with Crippen LogP contribution in [0.25, 0.3) is 0 Å². The van der Waals surface area contributed by atoms with Crippen LogP contribution < -0.4 is 19.5 Å². The summed E-state index contributed by atoms with van der Waals surface area (Å²) in [5.74, 6) is 1.39. The summed E-state index contributed by atoms with van der Waals surface area (Å²) < 4.78 is 16.3. The maximum absolute atomic E-state index is 12.3. The summed E-state index contributed by atoms with van der Waals surface area (Å²) in [5.41, 5.74) is 1.53. The minimum Gasteiger partial charge on any atom is -0.493 e. The van der Waals surface area contributed by atoms with Crippen molar-refractivity contribution < 1.29 is 19.0 Å². The summed E-state index contributed by atoms with van der Waals surface area (Å²) in [4.78, 5) is 12.3. The second-order valence-electron chi connectivity index (χ2n) is 5.34. The summed E-state index contributed by atoms with van der Waals surface area (Å²) in [6, 6.07) is 10.9. The van der Waals surface area contributed by atoms with Crippen molar-refractivity contribution in [2.45, 2.75) is 13.8 Å². The molecule has 0 bridgehead atoms. The van der Waals surface area contributed by atoms with Crippen LogP contribution in [0.15, 0.2) is 36.4 Å². The first kappa shape index (κ1) is 18.9. The molecule has 0 unspecified atom stereocenters. The number of rotatable bonds is 8. The molecule has 6 heteroatoms. The van der Waals surface area contributed by atoms with Gasteiger partial charge in [0.15, 0.2) is 11.5 Å². The number of hydrogen-bond donors (Lipinski definition) is 1. The molecule has 0 aromatic heterocycles. The summed E-state index contributed by atoms with van der Waals surface area (Å²) in [5, 5.41) is 3.13. The van der Waals surface area contributed by atoms with E-state index in [1.54, 1.807) is 12.1 Å². The van der Waals surface area contributed by atoms with Crippen molar-refractivity contribution in [1.29, 1.82) is 0 Å². The number of hydrogen-bond acceptors (Lipinski definition) is 4. The maximum atomic E-state index is 12.3. The Kier molecular flexibility index (Phi) is 6.95. The van der Waals surface area contributed by atoms with Gasteiger partial charge >= 0.3 is 0 Å². The Hall–Kier alpha value is -2.40. The molecule has 25 heavy (non-hydrogen) atoms. The molecular weight excluding hydrogens is 342 g/mol. The number of carbonyl (C=O) groups is 1. The van der Waals surface area contributed by atoms with Gasteiger partial charge in [-0.3, -0.25) is 4.79 Å². The van der Waals surface area contributed by atoms with Gasteiger partial charge in [0.05, 0.1) is 25.3 Å². The second kappa shape index (κ2) is 9.18. The largest absolute Gasteiger partial charge is 0.493 e. The number of benzene rings is 2. The molecular formula is C19H22ClNO4. The van der Waals surface area contributed by atoms with Crippen molar-refractivity contribution >= 4 is 17.5 Å². The van der Waals surface area contributed by atoms with Gasteiger partial charge in [-0.15, -0.1) is 0 Å². The fourth-order valence-electron chi connectivity index (χ4n) is 2.28. The quantitative estimate of drug-likeness (QED) is 0.723. The zero-order valence-electron chi connectivity index (χ0n) is 14.6. The van der Waals surface area contributed by atoms with E-state index in [0.29, 0.717) is 41.8 Å². The molecule has 1 N–H and O–H groups in total. The van der Waals surface area contributed by atoms with E-state index in [1.165, 1.54) is 7.11 Å². The molecule has 0 aliphatic heterocycles. The van der Waals surface area contributed by atoms with Gasteiger partial charge in [-0.05, 0) is 43.7 Å². The van der Waals surface area contributed by atoms with Gasteiger partial charge in [-0.25, -0.2) is 0 Å². The third-order valence-corrected chi connectivity index (χ3v) is 3.71. The zero-order valence-corrected chi connectivity index (χ0v) is 15.4. The highest BCUT2D eigenvalue weighted by Crippen LogP contribution is 2.36. The number of ether oxygens (including phenoxy) is 3. The summed E-state index contributed by atoms with van der Waals surface area (Å²) in [6.07, 6.45) is 0. The summed E-state index contributed by atoms with van der Waals surface area (Å²) in [7, 11) is 1.51. The first-order valence-corrected chi connectivity index (χ1v) is 8.41.